The van der Waals surface area contributed by atoms with Gasteiger partial charge in [-0.2, -0.15) is 0 Å². The average Bonchev–Trinajstić information content (AvgIpc) is 2.80. The second kappa shape index (κ2) is 4.87. The number of hydrogen-bond donors (Lipinski definition) is 2. The molecule has 1 unspecified atom stereocenters. The van der Waals surface area contributed by atoms with Crippen LogP contribution < -0.4 is 5.14 Å². The third kappa shape index (κ3) is 2.46. The van der Waals surface area contributed by atoms with Crippen LogP contribution in [0.4, 0.5) is 4.39 Å². The summed E-state index contributed by atoms with van der Waals surface area (Å²) in [6.07, 6.45) is 3.72. The Labute approximate surface area is 118 Å². The van der Waals surface area contributed by atoms with E-state index in [1.807, 2.05) is 12.3 Å². The van der Waals surface area contributed by atoms with E-state index in [2.05, 4.69) is 10.9 Å². The molecule has 1 fully saturated rings. The zero-order valence-corrected chi connectivity index (χ0v) is 12.0. The van der Waals surface area contributed by atoms with Crippen molar-refractivity contribution in [2.75, 3.05) is 13.1 Å². The summed E-state index contributed by atoms with van der Waals surface area (Å²) in [6, 6.07) is 4.81. The normalized spacial score (nSPS) is 21.1. The highest BCUT2D eigenvalue weighted by molar-refractivity contribution is 7.96. The summed E-state index contributed by atoms with van der Waals surface area (Å²) >= 11 is 0. The van der Waals surface area contributed by atoms with Crippen LogP contribution in [-0.4, -0.2) is 32.5 Å². The molecule has 0 radical (unpaired) electrons. The van der Waals surface area contributed by atoms with Gasteiger partial charge in [-0.05, 0) is 48.4 Å². The maximum Gasteiger partial charge on any atom is 0.125 e. The number of piperidine rings is 1. The topological polar surface area (TPSA) is 62.1 Å². The number of benzene rings is 1. The van der Waals surface area contributed by atoms with Gasteiger partial charge in [-0.1, -0.05) is 0 Å². The van der Waals surface area contributed by atoms with Crippen LogP contribution in [0.5, 0.6) is 0 Å². The van der Waals surface area contributed by atoms with Gasteiger partial charge in [0.25, 0.3) is 0 Å². The molecule has 0 amide bonds. The molecule has 2 aromatic rings. The molecule has 1 aliphatic rings. The number of aromatic nitrogens is 1. The first-order chi connectivity index (χ1) is 9.45. The molecule has 1 aromatic carbocycles. The molecule has 1 saturated heterocycles. The smallest absolute Gasteiger partial charge is 0.125 e. The molecule has 0 bridgehead atoms. The fourth-order valence-electron chi connectivity index (χ4n) is 2.93. The molecule has 108 valence electrons. The number of H-pyrrole nitrogens is 1. The van der Waals surface area contributed by atoms with Crippen LogP contribution in [0.1, 0.15) is 24.3 Å². The number of nitrogens with one attached hydrogen (secondary N) is 1. The first kappa shape index (κ1) is 13.6. The largest absolute Gasteiger partial charge is 0.361 e. The molecular formula is C14H18FN3OS. The molecule has 2 heterocycles. The van der Waals surface area contributed by atoms with Gasteiger partial charge >= 0.3 is 0 Å². The van der Waals surface area contributed by atoms with Gasteiger partial charge in [-0.15, -0.1) is 0 Å². The summed E-state index contributed by atoms with van der Waals surface area (Å²) in [7, 11) is -2.59. The highest BCUT2D eigenvalue weighted by Crippen LogP contribution is 2.33. The molecular weight excluding hydrogens is 277 g/mol. The van der Waals surface area contributed by atoms with Gasteiger partial charge in [-0.3, -0.25) is 0 Å². The Kier molecular flexibility index (Phi) is 3.32. The van der Waals surface area contributed by atoms with Crippen LogP contribution in [0.15, 0.2) is 24.4 Å². The Morgan fingerprint density at radius 2 is 2.10 bits per heavy atom. The maximum atomic E-state index is 13.2. The first-order valence-electron chi connectivity index (χ1n) is 6.62. The van der Waals surface area contributed by atoms with E-state index in [4.69, 9.17) is 5.14 Å². The van der Waals surface area contributed by atoms with Crippen molar-refractivity contribution in [1.82, 2.24) is 9.29 Å². The first-order valence-corrected chi connectivity index (χ1v) is 8.36. The SMILES string of the molecule is C=S(N)(=O)N1CCC(c2c[nH]c3cc(F)ccc23)CC1. The molecule has 6 heteroatoms. The Balaban J connectivity index is 1.84. The molecule has 20 heavy (non-hydrogen) atoms. The van der Waals surface area contributed by atoms with Crippen molar-refractivity contribution in [3.63, 3.8) is 0 Å². The molecule has 1 aliphatic heterocycles. The Bertz CT molecular complexity index is 730. The Morgan fingerprint density at radius 3 is 2.75 bits per heavy atom. The molecule has 1 aromatic heterocycles. The molecule has 3 N–H and O–H groups in total. The Hall–Kier alpha value is -1.37. The summed E-state index contributed by atoms with van der Waals surface area (Å²) in [5.41, 5.74) is 2.02. The Morgan fingerprint density at radius 1 is 1.40 bits per heavy atom. The van der Waals surface area contributed by atoms with Crippen molar-refractivity contribution in [2.24, 2.45) is 5.14 Å². The van der Waals surface area contributed by atoms with Crippen LogP contribution in [-0.2, 0) is 9.89 Å². The minimum absolute atomic E-state index is 0.236. The predicted molar refractivity (Wildman–Crippen MR) is 81.3 cm³/mol. The monoisotopic (exact) mass is 295 g/mol. The minimum Gasteiger partial charge on any atom is -0.361 e. The molecule has 0 aliphatic carbocycles. The van der Waals surface area contributed by atoms with Crippen molar-refractivity contribution in [1.29, 1.82) is 0 Å². The summed E-state index contributed by atoms with van der Waals surface area (Å²) < 4.78 is 26.7. The van der Waals surface area contributed by atoms with Crippen LogP contribution in [0, 0.1) is 5.82 Å². The van der Waals surface area contributed by atoms with Gasteiger partial charge in [0, 0.05) is 30.2 Å². The summed E-state index contributed by atoms with van der Waals surface area (Å²) in [5.74, 6) is 3.67. The van der Waals surface area contributed by atoms with E-state index in [9.17, 15) is 8.60 Å². The third-order valence-electron chi connectivity index (χ3n) is 4.01. The van der Waals surface area contributed by atoms with Crippen molar-refractivity contribution in [2.45, 2.75) is 18.8 Å². The summed E-state index contributed by atoms with van der Waals surface area (Å²) in [4.78, 5) is 3.12. The molecule has 4 nitrogen and oxygen atoms in total. The van der Waals surface area contributed by atoms with Crippen molar-refractivity contribution in [3.05, 3.63) is 35.8 Å². The van der Waals surface area contributed by atoms with Gasteiger partial charge in [0.05, 0.1) is 9.89 Å². The lowest BCUT2D eigenvalue weighted by Gasteiger charge is -2.32. The van der Waals surface area contributed by atoms with Crippen molar-refractivity contribution in [3.8, 4) is 0 Å². The number of nitrogens with zero attached hydrogens (tertiary/aromatic N) is 1. The van der Waals surface area contributed by atoms with Crippen LogP contribution >= 0.6 is 0 Å². The zero-order valence-electron chi connectivity index (χ0n) is 11.1. The van der Waals surface area contributed by atoms with E-state index in [0.29, 0.717) is 19.0 Å². The minimum atomic E-state index is -2.59. The zero-order chi connectivity index (χ0) is 14.3. The van der Waals surface area contributed by atoms with Gasteiger partial charge in [0.1, 0.15) is 5.82 Å². The van der Waals surface area contributed by atoms with E-state index in [-0.39, 0.29) is 5.82 Å². The fraction of sp³-hybridized carbons (Fsp3) is 0.357. The highest BCUT2D eigenvalue weighted by atomic mass is 32.2. The van der Waals surface area contributed by atoms with E-state index in [0.717, 1.165) is 23.7 Å². The second-order valence-corrected chi connectivity index (χ2v) is 7.22. The molecule has 1 atom stereocenters. The predicted octanol–water partition coefficient (Wildman–Crippen LogP) is 1.99. The summed E-state index contributed by atoms with van der Waals surface area (Å²) in [6.45, 7) is 1.36. The number of halogens is 1. The highest BCUT2D eigenvalue weighted by Gasteiger charge is 2.25. The lowest BCUT2D eigenvalue weighted by atomic mass is 9.90. The number of rotatable bonds is 2. The molecule has 0 saturated carbocycles. The van der Waals surface area contributed by atoms with E-state index in [1.165, 1.54) is 17.7 Å². The lowest BCUT2D eigenvalue weighted by Crippen LogP contribution is -2.41. The molecule has 0 spiro atoms. The quantitative estimate of drug-likeness (QED) is 0.818. The second-order valence-electron chi connectivity index (χ2n) is 5.33. The van der Waals surface area contributed by atoms with Gasteiger partial charge in [0.2, 0.25) is 0 Å². The molecule has 3 rings (SSSR count). The number of nitrogens with two attached hydrogens (primary N) is 1. The van der Waals surface area contributed by atoms with Crippen LogP contribution in [0.2, 0.25) is 0 Å². The standard InChI is InChI=1S/C14H18FN3OS/c1-20(16,19)18-6-4-10(5-7-18)13-9-17-14-8-11(15)2-3-12(13)14/h2-3,8-10,17H,1,4-7H2,(H2,16,19). The summed E-state index contributed by atoms with van der Waals surface area (Å²) in [5, 5.41) is 6.64. The van der Waals surface area contributed by atoms with E-state index < -0.39 is 9.89 Å². The average molecular weight is 295 g/mol. The number of aromatic amines is 1. The van der Waals surface area contributed by atoms with Gasteiger partial charge < -0.3 is 4.98 Å². The van der Waals surface area contributed by atoms with Gasteiger partial charge in [-0.25, -0.2) is 18.0 Å². The van der Waals surface area contributed by atoms with Gasteiger partial charge in [0.15, 0.2) is 0 Å². The maximum absolute atomic E-state index is 13.2. The van der Waals surface area contributed by atoms with E-state index >= 15 is 0 Å². The lowest BCUT2D eigenvalue weighted by molar-refractivity contribution is 0.334. The number of fused-ring (bicyclic) bond motifs is 1. The van der Waals surface area contributed by atoms with E-state index in [1.54, 1.807) is 4.31 Å². The fourth-order valence-corrected chi connectivity index (χ4v) is 3.76. The van der Waals surface area contributed by atoms with Crippen LogP contribution in [0.3, 0.4) is 0 Å². The van der Waals surface area contributed by atoms with Crippen LogP contribution in [0.25, 0.3) is 10.9 Å². The number of hydrogen-bond acceptors (Lipinski definition) is 1. The third-order valence-corrected chi connectivity index (χ3v) is 5.25. The van der Waals surface area contributed by atoms with Crippen molar-refractivity contribution < 1.29 is 8.60 Å². The van der Waals surface area contributed by atoms with Crippen molar-refractivity contribution >= 4 is 26.7 Å².